The molecule has 0 atom stereocenters. The summed E-state index contributed by atoms with van der Waals surface area (Å²) in [5.41, 5.74) is 6.61. The Hall–Kier alpha value is -4.50. The van der Waals surface area contributed by atoms with Gasteiger partial charge in [-0.3, -0.25) is 9.69 Å². The van der Waals surface area contributed by atoms with Gasteiger partial charge in [0.1, 0.15) is 11.6 Å². The number of benzene rings is 3. The topological polar surface area (TPSA) is 73.8 Å². The molecule has 2 aliphatic heterocycles. The summed E-state index contributed by atoms with van der Waals surface area (Å²) in [6.07, 6.45) is 4.84. The van der Waals surface area contributed by atoms with Crippen LogP contribution in [-0.2, 0) is 32.4 Å². The van der Waals surface area contributed by atoms with Gasteiger partial charge >= 0.3 is 0 Å². The first-order valence-corrected chi connectivity index (χ1v) is 16.7. The van der Waals surface area contributed by atoms with Crippen molar-refractivity contribution < 1.29 is 13.9 Å². The first-order chi connectivity index (χ1) is 22.9. The van der Waals surface area contributed by atoms with Gasteiger partial charge < -0.3 is 19.9 Å². The minimum atomic E-state index is -0.294. The number of methoxy groups -OCH3 is 1. The molecule has 1 amide bonds. The van der Waals surface area contributed by atoms with Gasteiger partial charge in [-0.2, -0.15) is 0 Å². The van der Waals surface area contributed by atoms with E-state index in [2.05, 4.69) is 59.3 Å². The van der Waals surface area contributed by atoms with Crippen molar-refractivity contribution in [2.45, 2.75) is 58.7 Å². The van der Waals surface area contributed by atoms with Gasteiger partial charge in [0.2, 0.25) is 5.95 Å². The van der Waals surface area contributed by atoms with Crippen LogP contribution in [0.1, 0.15) is 58.6 Å². The van der Waals surface area contributed by atoms with E-state index in [1.807, 2.05) is 23.1 Å². The summed E-state index contributed by atoms with van der Waals surface area (Å²) >= 11 is 0. The largest absolute Gasteiger partial charge is 0.497 e. The number of carbonyl (C=O) groups excluding carboxylic acids is 1. The zero-order valence-electron chi connectivity index (χ0n) is 27.7. The van der Waals surface area contributed by atoms with Crippen LogP contribution in [0, 0.1) is 5.82 Å². The zero-order valence-corrected chi connectivity index (χ0v) is 27.7. The molecule has 0 saturated carbocycles. The maximum Gasteiger partial charge on any atom is 0.257 e. The Labute approximate surface area is 277 Å². The molecule has 0 spiro atoms. The van der Waals surface area contributed by atoms with Crippen LogP contribution in [0.4, 0.5) is 16.0 Å². The summed E-state index contributed by atoms with van der Waals surface area (Å²) in [4.78, 5) is 31.0. The molecule has 0 fully saturated rings. The van der Waals surface area contributed by atoms with E-state index >= 15 is 0 Å². The van der Waals surface area contributed by atoms with Crippen molar-refractivity contribution in [2.24, 2.45) is 0 Å². The van der Waals surface area contributed by atoms with Gasteiger partial charge in [0.05, 0.1) is 18.4 Å². The smallest absolute Gasteiger partial charge is 0.257 e. The molecule has 47 heavy (non-hydrogen) atoms. The van der Waals surface area contributed by atoms with Crippen LogP contribution < -0.4 is 15.0 Å². The maximum absolute atomic E-state index is 14.6. The number of rotatable bonds is 7. The molecule has 6 rings (SSSR count). The van der Waals surface area contributed by atoms with Crippen molar-refractivity contribution in [3.8, 4) is 5.75 Å². The van der Waals surface area contributed by atoms with E-state index in [0.29, 0.717) is 43.5 Å². The lowest BCUT2D eigenvalue weighted by Gasteiger charge is -2.31. The number of aromatic nitrogens is 2. The second-order valence-corrected chi connectivity index (χ2v) is 12.8. The van der Waals surface area contributed by atoms with Gasteiger partial charge in [-0.05, 0) is 86.1 Å². The number of amides is 1. The van der Waals surface area contributed by atoms with Crippen molar-refractivity contribution in [1.82, 2.24) is 19.8 Å². The Kier molecular flexibility index (Phi) is 10.3. The number of nitrogens with zero attached hydrogens (tertiary/aromatic N) is 5. The minimum Gasteiger partial charge on any atom is -0.497 e. The van der Waals surface area contributed by atoms with Crippen molar-refractivity contribution in [3.05, 3.63) is 112 Å². The van der Waals surface area contributed by atoms with Crippen LogP contribution in [0.2, 0.25) is 0 Å². The number of ether oxygens (including phenoxy) is 1. The molecule has 1 aromatic heterocycles. The van der Waals surface area contributed by atoms with E-state index in [1.165, 1.54) is 23.3 Å². The highest BCUT2D eigenvalue weighted by Gasteiger charge is 2.26. The molecule has 0 radical (unpaired) electrons. The van der Waals surface area contributed by atoms with E-state index in [-0.39, 0.29) is 11.7 Å². The number of carbonyl (C=O) groups is 1. The summed E-state index contributed by atoms with van der Waals surface area (Å²) in [6.45, 7) is 9.18. The van der Waals surface area contributed by atoms with Crippen LogP contribution in [-0.4, -0.2) is 71.6 Å². The Morgan fingerprint density at radius 2 is 1.79 bits per heavy atom. The van der Waals surface area contributed by atoms with Crippen LogP contribution in [0.15, 0.2) is 72.9 Å². The average Bonchev–Trinajstić information content (AvgIpc) is 3.13. The molecule has 0 bridgehead atoms. The fourth-order valence-corrected chi connectivity index (χ4v) is 6.55. The molecule has 9 heteroatoms. The second-order valence-electron chi connectivity index (χ2n) is 12.8. The fourth-order valence-electron chi connectivity index (χ4n) is 6.55. The number of hydrogen-bond donors (Lipinski definition) is 1. The maximum atomic E-state index is 14.6. The molecule has 1 N–H and O–H groups in total. The second kappa shape index (κ2) is 14.9. The molecule has 3 heterocycles. The highest BCUT2D eigenvalue weighted by Crippen LogP contribution is 2.26. The van der Waals surface area contributed by atoms with E-state index in [0.717, 1.165) is 73.8 Å². The van der Waals surface area contributed by atoms with Crippen LogP contribution in [0.3, 0.4) is 0 Å². The standard InChI is InChI=1S/C38H45FN6O2/c1-27(2)43-18-7-17-40-36-23-32(39)14-13-31(36)26-44(21-20-43)37(46)34-24-41-38(45-19-16-29-9-4-5-10-30(29)25-45)42-35(34)15-12-28-8-6-11-33(22-28)47-3/h4-6,8-11,13-14,22-24,27,40H,7,12,15-21,25-26H2,1-3H3. The fraction of sp³-hybridized carbons (Fsp3) is 0.395. The SMILES string of the molecule is COc1cccc(CCc2nc(N3CCc4ccccc4C3)ncc2C(=O)N2CCN(C(C)C)CCCNc3cc(F)ccc3C2)c1. The lowest BCUT2D eigenvalue weighted by atomic mass is 10.0. The number of hydrogen-bond acceptors (Lipinski definition) is 7. The molecule has 0 saturated heterocycles. The monoisotopic (exact) mass is 636 g/mol. The molecule has 2 aliphatic rings. The van der Waals surface area contributed by atoms with Crippen molar-refractivity contribution in [3.63, 3.8) is 0 Å². The predicted molar refractivity (Wildman–Crippen MR) is 185 cm³/mol. The first-order valence-electron chi connectivity index (χ1n) is 16.7. The number of halogens is 1. The van der Waals surface area contributed by atoms with Crippen LogP contribution in [0.25, 0.3) is 0 Å². The normalized spacial score (nSPS) is 15.8. The van der Waals surface area contributed by atoms with Gasteiger partial charge in [0.25, 0.3) is 5.91 Å². The highest BCUT2D eigenvalue weighted by atomic mass is 19.1. The summed E-state index contributed by atoms with van der Waals surface area (Å²) < 4.78 is 19.8. The van der Waals surface area contributed by atoms with Gasteiger partial charge in [-0.25, -0.2) is 14.4 Å². The van der Waals surface area contributed by atoms with Crippen molar-refractivity contribution >= 4 is 17.5 Å². The van der Waals surface area contributed by atoms with Gasteiger partial charge in [0.15, 0.2) is 0 Å². The van der Waals surface area contributed by atoms with Gasteiger partial charge in [-0.1, -0.05) is 42.5 Å². The minimum absolute atomic E-state index is 0.112. The lowest BCUT2D eigenvalue weighted by Crippen LogP contribution is -2.41. The number of nitrogens with one attached hydrogen (secondary N) is 1. The van der Waals surface area contributed by atoms with E-state index in [4.69, 9.17) is 14.7 Å². The Morgan fingerprint density at radius 1 is 0.936 bits per heavy atom. The highest BCUT2D eigenvalue weighted by molar-refractivity contribution is 5.95. The first kappa shape index (κ1) is 32.4. The molecular formula is C38H45FN6O2. The van der Waals surface area contributed by atoms with Gasteiger partial charge in [0, 0.05) is 63.7 Å². The predicted octanol–water partition coefficient (Wildman–Crippen LogP) is 6.14. The zero-order chi connectivity index (χ0) is 32.8. The summed E-state index contributed by atoms with van der Waals surface area (Å²) in [5, 5.41) is 3.43. The Bertz CT molecular complexity index is 1690. The number of anilines is 2. The molecule has 3 aromatic carbocycles. The van der Waals surface area contributed by atoms with E-state index in [9.17, 15) is 9.18 Å². The molecule has 0 aliphatic carbocycles. The Morgan fingerprint density at radius 3 is 2.62 bits per heavy atom. The van der Waals surface area contributed by atoms with Crippen LogP contribution >= 0.6 is 0 Å². The molecule has 8 nitrogen and oxygen atoms in total. The molecule has 4 aromatic rings. The molecule has 0 unspecified atom stereocenters. The third kappa shape index (κ3) is 7.91. The van der Waals surface area contributed by atoms with Gasteiger partial charge in [-0.15, -0.1) is 0 Å². The molecular weight excluding hydrogens is 591 g/mol. The molecule has 246 valence electrons. The van der Waals surface area contributed by atoms with E-state index in [1.54, 1.807) is 19.4 Å². The van der Waals surface area contributed by atoms with E-state index < -0.39 is 0 Å². The summed E-state index contributed by atoms with van der Waals surface area (Å²) in [6, 6.07) is 21.7. The van der Waals surface area contributed by atoms with Crippen LogP contribution in [0.5, 0.6) is 5.75 Å². The number of fused-ring (bicyclic) bond motifs is 2. The third-order valence-electron chi connectivity index (χ3n) is 9.33. The Balaban J connectivity index is 1.34. The lowest BCUT2D eigenvalue weighted by molar-refractivity contribution is 0.0710. The van der Waals surface area contributed by atoms with Crippen molar-refractivity contribution in [2.75, 3.05) is 50.1 Å². The summed E-state index contributed by atoms with van der Waals surface area (Å²) in [7, 11) is 1.67. The average molecular weight is 637 g/mol. The van der Waals surface area contributed by atoms with Crippen molar-refractivity contribution in [1.29, 1.82) is 0 Å². The quantitative estimate of drug-likeness (QED) is 0.261. The summed E-state index contributed by atoms with van der Waals surface area (Å²) in [5.74, 6) is 1.04. The number of aryl methyl sites for hydroxylation is 2. The third-order valence-corrected chi connectivity index (χ3v) is 9.33.